The van der Waals surface area contributed by atoms with Crippen molar-refractivity contribution >= 4 is 21.9 Å². The van der Waals surface area contributed by atoms with Crippen LogP contribution in [0, 0.1) is 5.92 Å². The van der Waals surface area contributed by atoms with Crippen LogP contribution >= 0.6 is 0 Å². The van der Waals surface area contributed by atoms with E-state index in [9.17, 15) is 0 Å². The van der Waals surface area contributed by atoms with E-state index in [1.807, 2.05) is 0 Å². The first-order valence-electron chi connectivity index (χ1n) is 12.7. The molecule has 35 heavy (non-hydrogen) atoms. The Labute approximate surface area is 207 Å². The molecule has 0 N–H and O–H groups in total. The molecular weight excluding hydrogens is 428 g/mol. The molecule has 0 aliphatic heterocycles. The molecule has 176 valence electrons. The minimum Gasteiger partial charge on any atom is -0.442 e. The van der Waals surface area contributed by atoms with Crippen molar-refractivity contribution in [2.24, 2.45) is 5.92 Å². The quantitative estimate of drug-likeness (QED) is 0.272. The van der Waals surface area contributed by atoms with E-state index in [1.165, 1.54) is 38.6 Å². The van der Waals surface area contributed by atoms with Crippen molar-refractivity contribution in [1.82, 2.24) is 9.97 Å². The predicted molar refractivity (Wildman–Crippen MR) is 145 cm³/mol. The molecule has 3 aromatic carbocycles. The minimum atomic E-state index is 0.00985. The topological polar surface area (TPSA) is 38.9 Å². The largest absolute Gasteiger partial charge is 0.442 e. The number of benzene rings is 3. The van der Waals surface area contributed by atoms with E-state index >= 15 is 0 Å². The van der Waals surface area contributed by atoms with Crippen LogP contribution in [0.2, 0.25) is 0 Å². The summed E-state index contributed by atoms with van der Waals surface area (Å²) in [6.45, 7) is 11.4. The van der Waals surface area contributed by atoms with Crippen LogP contribution in [-0.2, 0) is 24.7 Å². The fourth-order valence-electron chi connectivity index (χ4n) is 5.76. The number of hydrogen-bond acceptors (Lipinski definition) is 3. The summed E-state index contributed by atoms with van der Waals surface area (Å²) < 4.78 is 6.36. The zero-order valence-electron chi connectivity index (χ0n) is 21.3. The minimum absolute atomic E-state index is 0.00985. The summed E-state index contributed by atoms with van der Waals surface area (Å²) in [4.78, 5) is 9.43. The molecule has 5 aromatic rings. The van der Waals surface area contributed by atoms with Crippen molar-refractivity contribution in [2.45, 2.75) is 59.3 Å². The van der Waals surface area contributed by atoms with E-state index in [1.54, 1.807) is 6.33 Å². The van der Waals surface area contributed by atoms with Crippen LogP contribution in [0.15, 0.2) is 65.3 Å². The van der Waals surface area contributed by atoms with Gasteiger partial charge in [0.2, 0.25) is 5.71 Å². The maximum atomic E-state index is 6.36. The molecule has 0 radical (unpaired) electrons. The Balaban J connectivity index is 1.64. The maximum absolute atomic E-state index is 6.36. The Bertz CT molecular complexity index is 1580. The normalized spacial score (nSPS) is 13.4. The van der Waals surface area contributed by atoms with Gasteiger partial charge >= 0.3 is 0 Å². The molecule has 0 unspecified atom stereocenters. The molecule has 0 amide bonds. The van der Waals surface area contributed by atoms with Crippen LogP contribution in [0.1, 0.15) is 57.1 Å². The van der Waals surface area contributed by atoms with Crippen LogP contribution in [0.4, 0.5) is 0 Å². The lowest BCUT2D eigenvalue weighted by atomic mass is 9.81. The van der Waals surface area contributed by atoms with Crippen molar-refractivity contribution in [3.8, 4) is 22.4 Å². The lowest BCUT2D eigenvalue weighted by Crippen LogP contribution is -2.12. The Kier molecular flexibility index (Phi) is 5.07. The highest BCUT2D eigenvalue weighted by Crippen LogP contribution is 2.45. The molecule has 0 saturated carbocycles. The van der Waals surface area contributed by atoms with E-state index < -0.39 is 0 Å². The monoisotopic (exact) mass is 460 g/mol. The molecule has 0 fully saturated rings. The molecule has 0 atom stereocenters. The third kappa shape index (κ3) is 3.65. The van der Waals surface area contributed by atoms with Gasteiger partial charge in [0.15, 0.2) is 0 Å². The molecule has 2 heterocycles. The Morgan fingerprint density at radius 2 is 1.77 bits per heavy atom. The standard InChI is InChI=1S/C32H32N2O/c1-19(2)15-20-10-8-12-25-23(20)13-14-27-28(25)29-30(33-18-34-31(29)35-27)22-16-21-9-6-7-11-24(21)26(17-22)32(3,4)5/h6-12,16-19H,13-15H2,1-5H3. The highest BCUT2D eigenvalue weighted by atomic mass is 16.3. The van der Waals surface area contributed by atoms with E-state index in [2.05, 4.69) is 94.2 Å². The van der Waals surface area contributed by atoms with Crippen molar-refractivity contribution < 1.29 is 4.42 Å². The number of nitrogens with zero attached hydrogens (tertiary/aromatic N) is 2. The number of aromatic nitrogens is 2. The maximum Gasteiger partial charge on any atom is 0.230 e. The molecule has 3 heteroatoms. The summed E-state index contributed by atoms with van der Waals surface area (Å²) in [6.07, 6.45) is 4.65. The SMILES string of the molecule is CC(C)Cc1cccc2c1CCc1oc3ncnc(-c4cc(C(C)(C)C)c5ccccc5c4)c3c1-2. The number of hydrogen-bond donors (Lipinski definition) is 0. The van der Waals surface area contributed by atoms with Gasteiger partial charge in [-0.3, -0.25) is 0 Å². The lowest BCUT2D eigenvalue weighted by molar-refractivity contribution is 0.535. The molecule has 6 rings (SSSR count). The van der Waals surface area contributed by atoms with Crippen molar-refractivity contribution in [1.29, 1.82) is 0 Å². The number of fused-ring (bicyclic) bond motifs is 6. The lowest BCUT2D eigenvalue weighted by Gasteiger charge is -2.23. The van der Waals surface area contributed by atoms with Crippen LogP contribution in [0.5, 0.6) is 0 Å². The van der Waals surface area contributed by atoms with Crippen molar-refractivity contribution in [3.05, 3.63) is 83.4 Å². The summed E-state index contributed by atoms with van der Waals surface area (Å²) >= 11 is 0. The molecule has 0 bridgehead atoms. The smallest absolute Gasteiger partial charge is 0.230 e. The average molecular weight is 461 g/mol. The molecule has 0 saturated heterocycles. The predicted octanol–water partition coefficient (Wildman–Crippen LogP) is 8.30. The van der Waals surface area contributed by atoms with Crippen LogP contribution in [0.25, 0.3) is 44.3 Å². The molecule has 0 spiro atoms. The fourth-order valence-corrected chi connectivity index (χ4v) is 5.76. The first-order valence-corrected chi connectivity index (χ1v) is 12.7. The highest BCUT2D eigenvalue weighted by molar-refractivity contribution is 6.05. The van der Waals surface area contributed by atoms with Crippen LogP contribution in [-0.4, -0.2) is 9.97 Å². The van der Waals surface area contributed by atoms with E-state index in [0.29, 0.717) is 11.6 Å². The van der Waals surface area contributed by atoms with Gasteiger partial charge in [-0.1, -0.05) is 77.1 Å². The van der Waals surface area contributed by atoms with Gasteiger partial charge in [-0.05, 0) is 69.3 Å². The number of rotatable bonds is 3. The summed E-state index contributed by atoms with van der Waals surface area (Å²) in [5, 5.41) is 3.57. The number of aryl methyl sites for hydroxylation is 1. The zero-order valence-corrected chi connectivity index (χ0v) is 21.3. The van der Waals surface area contributed by atoms with Crippen LogP contribution < -0.4 is 0 Å². The molecule has 1 aliphatic rings. The summed E-state index contributed by atoms with van der Waals surface area (Å²) in [7, 11) is 0. The Morgan fingerprint density at radius 3 is 2.57 bits per heavy atom. The average Bonchev–Trinajstić information content (AvgIpc) is 3.22. The Hall–Kier alpha value is -3.46. The van der Waals surface area contributed by atoms with E-state index in [0.717, 1.165) is 41.7 Å². The summed E-state index contributed by atoms with van der Waals surface area (Å²) in [5.74, 6) is 1.66. The van der Waals surface area contributed by atoms with Crippen LogP contribution in [0.3, 0.4) is 0 Å². The van der Waals surface area contributed by atoms with Gasteiger partial charge in [-0.2, -0.15) is 0 Å². The summed E-state index contributed by atoms with van der Waals surface area (Å²) in [5.41, 5.74) is 9.49. The molecular formula is C32H32N2O. The Morgan fingerprint density at radius 1 is 0.943 bits per heavy atom. The molecule has 1 aliphatic carbocycles. The second-order valence-corrected chi connectivity index (χ2v) is 11.3. The van der Waals surface area contributed by atoms with E-state index in [4.69, 9.17) is 9.40 Å². The zero-order chi connectivity index (χ0) is 24.3. The number of furan rings is 1. The first kappa shape index (κ1) is 22.0. The fraction of sp³-hybridized carbons (Fsp3) is 0.312. The third-order valence-electron chi connectivity index (χ3n) is 7.28. The second kappa shape index (κ2) is 8.05. The van der Waals surface area contributed by atoms with Gasteiger partial charge < -0.3 is 4.42 Å². The van der Waals surface area contributed by atoms with Gasteiger partial charge in [0, 0.05) is 17.5 Å². The van der Waals surface area contributed by atoms with Gasteiger partial charge in [-0.15, -0.1) is 0 Å². The third-order valence-corrected chi connectivity index (χ3v) is 7.28. The molecule has 3 nitrogen and oxygen atoms in total. The van der Waals surface area contributed by atoms with Gasteiger partial charge in [-0.25, -0.2) is 9.97 Å². The van der Waals surface area contributed by atoms with Gasteiger partial charge in [0.25, 0.3) is 0 Å². The summed E-state index contributed by atoms with van der Waals surface area (Å²) in [6, 6.07) is 20.0. The van der Waals surface area contributed by atoms with Gasteiger partial charge in [0.05, 0.1) is 11.1 Å². The first-order chi connectivity index (χ1) is 16.8. The molecule has 2 aromatic heterocycles. The van der Waals surface area contributed by atoms with E-state index in [-0.39, 0.29) is 5.41 Å². The van der Waals surface area contributed by atoms with Gasteiger partial charge in [0.1, 0.15) is 12.1 Å². The second-order valence-electron chi connectivity index (χ2n) is 11.3. The van der Waals surface area contributed by atoms with Crippen molar-refractivity contribution in [3.63, 3.8) is 0 Å². The highest BCUT2D eigenvalue weighted by Gasteiger charge is 2.28. The van der Waals surface area contributed by atoms with Crippen molar-refractivity contribution in [2.75, 3.05) is 0 Å².